The second-order valence-electron chi connectivity index (χ2n) is 4.67. The monoisotopic (exact) mass is 295 g/mol. The summed E-state index contributed by atoms with van der Waals surface area (Å²) in [4.78, 5) is 16.0. The Balaban J connectivity index is 2.25. The topological polar surface area (TPSA) is 54.0 Å². The van der Waals surface area contributed by atoms with E-state index in [-0.39, 0.29) is 5.91 Å². The second kappa shape index (κ2) is 10.5. The predicted octanol–water partition coefficient (Wildman–Crippen LogP) is 3.17. The van der Waals surface area contributed by atoms with Gasteiger partial charge in [-0.25, -0.2) is 4.98 Å². The predicted molar refractivity (Wildman–Crippen MR) is 87.6 cm³/mol. The number of thioether (sulfide) groups is 1. The highest BCUT2D eigenvalue weighted by molar-refractivity contribution is 7.98. The molecule has 2 N–H and O–H groups in total. The number of hydrogen-bond acceptors (Lipinski definition) is 4. The third-order valence-electron chi connectivity index (χ3n) is 2.89. The normalized spacial score (nSPS) is 10.3. The average molecular weight is 295 g/mol. The molecule has 0 aliphatic carbocycles. The number of aromatic nitrogens is 1. The third kappa shape index (κ3) is 6.80. The van der Waals surface area contributed by atoms with Crippen molar-refractivity contribution >= 4 is 23.4 Å². The van der Waals surface area contributed by atoms with Gasteiger partial charge in [0, 0.05) is 13.1 Å². The number of pyridine rings is 1. The van der Waals surface area contributed by atoms with Crippen molar-refractivity contribution in [2.75, 3.05) is 30.4 Å². The Hall–Kier alpha value is -1.23. The zero-order valence-corrected chi connectivity index (χ0v) is 13.3. The highest BCUT2D eigenvalue weighted by atomic mass is 32.2. The Morgan fingerprint density at radius 2 is 2.10 bits per heavy atom. The van der Waals surface area contributed by atoms with Crippen LogP contribution < -0.4 is 10.6 Å². The molecule has 20 heavy (non-hydrogen) atoms. The number of carbonyl (C=O) groups is 1. The fourth-order valence-corrected chi connectivity index (χ4v) is 2.24. The first-order valence-corrected chi connectivity index (χ1v) is 8.64. The van der Waals surface area contributed by atoms with E-state index in [2.05, 4.69) is 28.8 Å². The highest BCUT2D eigenvalue weighted by Gasteiger charge is 2.05. The molecule has 0 atom stereocenters. The SMILES string of the molecule is CCCNc1ccc(C(=O)NCCCCCSC)nc1. The molecule has 1 aromatic rings. The van der Waals surface area contributed by atoms with Crippen LogP contribution in [-0.2, 0) is 0 Å². The lowest BCUT2D eigenvalue weighted by atomic mass is 10.2. The largest absolute Gasteiger partial charge is 0.384 e. The van der Waals surface area contributed by atoms with Crippen molar-refractivity contribution in [3.05, 3.63) is 24.0 Å². The number of hydrogen-bond donors (Lipinski definition) is 2. The lowest BCUT2D eigenvalue weighted by Gasteiger charge is -2.06. The molecule has 4 nitrogen and oxygen atoms in total. The van der Waals surface area contributed by atoms with Crippen LogP contribution in [0.15, 0.2) is 18.3 Å². The molecule has 0 saturated carbocycles. The maximum absolute atomic E-state index is 11.9. The minimum absolute atomic E-state index is 0.0862. The first kappa shape index (κ1) is 16.8. The third-order valence-corrected chi connectivity index (χ3v) is 3.58. The van der Waals surface area contributed by atoms with Gasteiger partial charge in [0.1, 0.15) is 5.69 Å². The fraction of sp³-hybridized carbons (Fsp3) is 0.600. The van der Waals surface area contributed by atoms with Crippen LogP contribution in [0.3, 0.4) is 0 Å². The molecular formula is C15H25N3OS. The molecule has 0 unspecified atom stereocenters. The Morgan fingerprint density at radius 1 is 1.25 bits per heavy atom. The molecule has 0 spiro atoms. The van der Waals surface area contributed by atoms with Gasteiger partial charge in [0.2, 0.25) is 0 Å². The van der Waals surface area contributed by atoms with Crippen LogP contribution in [0.2, 0.25) is 0 Å². The summed E-state index contributed by atoms with van der Waals surface area (Å²) in [6.07, 6.45) is 8.30. The molecule has 1 amide bonds. The van der Waals surface area contributed by atoms with E-state index in [4.69, 9.17) is 0 Å². The fourth-order valence-electron chi connectivity index (χ4n) is 1.74. The van der Waals surface area contributed by atoms with Crippen LogP contribution in [0.5, 0.6) is 0 Å². The Bertz CT molecular complexity index is 381. The number of unbranched alkanes of at least 4 members (excludes halogenated alkanes) is 2. The molecule has 0 radical (unpaired) electrons. The second-order valence-corrected chi connectivity index (χ2v) is 5.65. The summed E-state index contributed by atoms with van der Waals surface area (Å²) in [5, 5.41) is 6.15. The Kier molecular flexibility index (Phi) is 8.87. The van der Waals surface area contributed by atoms with Gasteiger partial charge in [-0.05, 0) is 43.4 Å². The van der Waals surface area contributed by atoms with Crippen molar-refractivity contribution in [1.82, 2.24) is 10.3 Å². The van der Waals surface area contributed by atoms with Gasteiger partial charge in [-0.2, -0.15) is 11.8 Å². The van der Waals surface area contributed by atoms with Crippen molar-refractivity contribution in [3.63, 3.8) is 0 Å². The lowest BCUT2D eigenvalue weighted by molar-refractivity contribution is 0.0948. The van der Waals surface area contributed by atoms with E-state index in [9.17, 15) is 4.79 Å². The highest BCUT2D eigenvalue weighted by Crippen LogP contribution is 2.06. The standard InChI is InChI=1S/C15H25N3OS/c1-3-9-16-13-7-8-14(18-12-13)15(19)17-10-5-4-6-11-20-2/h7-8,12,16H,3-6,9-11H2,1-2H3,(H,17,19). The van der Waals surface area contributed by atoms with E-state index in [0.717, 1.165) is 38.0 Å². The Labute approximate surface area is 126 Å². The summed E-state index contributed by atoms with van der Waals surface area (Å²) < 4.78 is 0. The van der Waals surface area contributed by atoms with E-state index in [1.54, 1.807) is 12.3 Å². The summed E-state index contributed by atoms with van der Waals surface area (Å²) in [6.45, 7) is 3.76. The molecule has 1 rings (SSSR count). The summed E-state index contributed by atoms with van der Waals surface area (Å²) in [6, 6.07) is 3.66. The Morgan fingerprint density at radius 3 is 2.75 bits per heavy atom. The summed E-state index contributed by atoms with van der Waals surface area (Å²) in [5.41, 5.74) is 1.44. The van der Waals surface area contributed by atoms with Gasteiger partial charge in [0.25, 0.3) is 5.91 Å². The van der Waals surface area contributed by atoms with Gasteiger partial charge in [-0.1, -0.05) is 13.3 Å². The summed E-state index contributed by atoms with van der Waals surface area (Å²) in [7, 11) is 0. The minimum Gasteiger partial charge on any atom is -0.384 e. The van der Waals surface area contributed by atoms with Crippen LogP contribution in [-0.4, -0.2) is 36.0 Å². The molecule has 0 aromatic carbocycles. The van der Waals surface area contributed by atoms with E-state index < -0.39 is 0 Å². The molecule has 5 heteroatoms. The molecule has 0 saturated heterocycles. The van der Waals surface area contributed by atoms with Gasteiger partial charge < -0.3 is 10.6 Å². The van der Waals surface area contributed by atoms with E-state index >= 15 is 0 Å². The van der Waals surface area contributed by atoms with Crippen molar-refractivity contribution in [2.45, 2.75) is 32.6 Å². The number of carbonyl (C=O) groups excluding carboxylic acids is 1. The number of rotatable bonds is 10. The zero-order chi connectivity index (χ0) is 14.6. The molecule has 0 bridgehead atoms. The molecule has 0 aliphatic heterocycles. The molecule has 112 valence electrons. The lowest BCUT2D eigenvalue weighted by Crippen LogP contribution is -2.25. The number of nitrogens with one attached hydrogen (secondary N) is 2. The van der Waals surface area contributed by atoms with Crippen LogP contribution in [0.25, 0.3) is 0 Å². The van der Waals surface area contributed by atoms with Gasteiger partial charge in [0.15, 0.2) is 0 Å². The summed E-state index contributed by atoms with van der Waals surface area (Å²) in [5.74, 6) is 1.11. The number of amides is 1. The van der Waals surface area contributed by atoms with Gasteiger partial charge >= 0.3 is 0 Å². The molecule has 0 aliphatic rings. The maximum atomic E-state index is 11.9. The zero-order valence-electron chi connectivity index (χ0n) is 12.4. The quantitative estimate of drug-likeness (QED) is 0.651. The smallest absolute Gasteiger partial charge is 0.269 e. The number of nitrogens with zero attached hydrogens (tertiary/aromatic N) is 1. The molecule has 1 aromatic heterocycles. The van der Waals surface area contributed by atoms with Crippen LogP contribution in [0.4, 0.5) is 5.69 Å². The average Bonchev–Trinajstić information content (AvgIpc) is 2.49. The van der Waals surface area contributed by atoms with Crippen LogP contribution in [0, 0.1) is 0 Å². The van der Waals surface area contributed by atoms with Crippen LogP contribution in [0.1, 0.15) is 43.1 Å². The first-order chi connectivity index (χ1) is 9.77. The maximum Gasteiger partial charge on any atom is 0.269 e. The number of anilines is 1. The van der Waals surface area contributed by atoms with Crippen LogP contribution >= 0.6 is 11.8 Å². The molecule has 1 heterocycles. The van der Waals surface area contributed by atoms with Gasteiger partial charge in [-0.15, -0.1) is 0 Å². The molecule has 0 fully saturated rings. The van der Waals surface area contributed by atoms with Crippen molar-refractivity contribution in [1.29, 1.82) is 0 Å². The molecular weight excluding hydrogens is 270 g/mol. The van der Waals surface area contributed by atoms with Gasteiger partial charge in [-0.3, -0.25) is 4.79 Å². The van der Waals surface area contributed by atoms with E-state index in [1.165, 1.54) is 12.2 Å². The van der Waals surface area contributed by atoms with Crippen molar-refractivity contribution in [2.24, 2.45) is 0 Å². The van der Waals surface area contributed by atoms with E-state index in [0.29, 0.717) is 5.69 Å². The van der Waals surface area contributed by atoms with E-state index in [1.807, 2.05) is 17.8 Å². The summed E-state index contributed by atoms with van der Waals surface area (Å²) >= 11 is 1.87. The van der Waals surface area contributed by atoms with Crippen molar-refractivity contribution < 1.29 is 4.79 Å². The van der Waals surface area contributed by atoms with Crippen molar-refractivity contribution in [3.8, 4) is 0 Å². The van der Waals surface area contributed by atoms with Gasteiger partial charge in [0.05, 0.1) is 11.9 Å². The minimum atomic E-state index is -0.0862. The first-order valence-electron chi connectivity index (χ1n) is 7.25.